The summed E-state index contributed by atoms with van der Waals surface area (Å²) in [7, 11) is 3.95. The number of anilines is 2. The molecule has 1 aliphatic heterocycles. The fourth-order valence-corrected chi connectivity index (χ4v) is 5.06. The number of hydrogen-bond acceptors (Lipinski definition) is 4. The van der Waals surface area contributed by atoms with E-state index in [1.807, 2.05) is 106 Å². The average molecular weight is 460 g/mol. The van der Waals surface area contributed by atoms with Crippen LogP contribution < -0.4 is 10.2 Å². The second-order valence-corrected chi connectivity index (χ2v) is 9.85. The predicted octanol–water partition coefficient (Wildman–Crippen LogP) is 5.21. The second-order valence-electron chi connectivity index (χ2n) is 8.83. The molecular weight excluding hydrogens is 430 g/mol. The summed E-state index contributed by atoms with van der Waals surface area (Å²) >= 11 is 1.55. The fraction of sp³-hybridized carbons (Fsp3) is 0.259. The van der Waals surface area contributed by atoms with Crippen molar-refractivity contribution in [3.8, 4) is 0 Å². The number of aryl methyl sites for hydroxylation is 1. The summed E-state index contributed by atoms with van der Waals surface area (Å²) in [5, 5.41) is 3.05. The molecular formula is C27H29N3O2S. The third-order valence-corrected chi connectivity index (χ3v) is 7.43. The number of benzene rings is 3. The van der Waals surface area contributed by atoms with Crippen LogP contribution in [-0.2, 0) is 11.3 Å². The molecule has 170 valence electrons. The van der Waals surface area contributed by atoms with E-state index in [0.717, 1.165) is 21.7 Å². The minimum absolute atomic E-state index is 0.128. The van der Waals surface area contributed by atoms with E-state index in [-0.39, 0.29) is 11.8 Å². The van der Waals surface area contributed by atoms with Gasteiger partial charge in [0.05, 0.1) is 5.56 Å². The molecule has 3 aromatic rings. The topological polar surface area (TPSA) is 52.7 Å². The van der Waals surface area contributed by atoms with Gasteiger partial charge < -0.3 is 15.1 Å². The van der Waals surface area contributed by atoms with E-state index in [4.69, 9.17) is 0 Å². The molecule has 1 heterocycles. The summed E-state index contributed by atoms with van der Waals surface area (Å²) < 4.78 is 0. The Morgan fingerprint density at radius 3 is 2.36 bits per heavy atom. The van der Waals surface area contributed by atoms with Crippen LogP contribution in [0.3, 0.4) is 0 Å². The molecule has 5 nitrogen and oxygen atoms in total. The van der Waals surface area contributed by atoms with Gasteiger partial charge in [0, 0.05) is 42.7 Å². The van der Waals surface area contributed by atoms with Gasteiger partial charge in [0.1, 0.15) is 5.54 Å². The summed E-state index contributed by atoms with van der Waals surface area (Å²) in [6, 6.07) is 23.4. The molecule has 1 N–H and O–H groups in total. The maximum absolute atomic E-state index is 13.7. The number of carbonyl (C=O) groups is 2. The lowest BCUT2D eigenvalue weighted by molar-refractivity contribution is -0.125. The molecule has 4 rings (SSSR count). The van der Waals surface area contributed by atoms with E-state index in [9.17, 15) is 9.59 Å². The monoisotopic (exact) mass is 459 g/mol. The van der Waals surface area contributed by atoms with Crippen molar-refractivity contribution in [2.45, 2.75) is 30.8 Å². The maximum Gasteiger partial charge on any atom is 0.256 e. The molecule has 1 atom stereocenters. The number of hydrogen-bond donors (Lipinski definition) is 1. The Labute approximate surface area is 199 Å². The molecule has 0 spiro atoms. The molecule has 0 saturated heterocycles. The number of thioether (sulfide) groups is 1. The van der Waals surface area contributed by atoms with Gasteiger partial charge >= 0.3 is 0 Å². The van der Waals surface area contributed by atoms with Gasteiger partial charge in [-0.05, 0) is 55.8 Å². The molecule has 2 amide bonds. The van der Waals surface area contributed by atoms with Crippen molar-refractivity contribution in [3.05, 3.63) is 89.5 Å². The van der Waals surface area contributed by atoms with Crippen molar-refractivity contribution in [1.29, 1.82) is 0 Å². The van der Waals surface area contributed by atoms with Crippen LogP contribution in [0.2, 0.25) is 0 Å². The Kier molecular flexibility index (Phi) is 6.47. The van der Waals surface area contributed by atoms with Gasteiger partial charge in [-0.2, -0.15) is 0 Å². The van der Waals surface area contributed by atoms with Gasteiger partial charge in [-0.25, -0.2) is 0 Å². The van der Waals surface area contributed by atoms with E-state index in [1.165, 1.54) is 0 Å². The number of fused-ring (bicyclic) bond motifs is 1. The highest BCUT2D eigenvalue weighted by Gasteiger charge is 2.45. The van der Waals surface area contributed by atoms with Gasteiger partial charge in [0.2, 0.25) is 0 Å². The molecule has 0 fully saturated rings. The van der Waals surface area contributed by atoms with Crippen LogP contribution in [0, 0.1) is 6.92 Å². The first-order valence-electron chi connectivity index (χ1n) is 11.0. The van der Waals surface area contributed by atoms with E-state index < -0.39 is 5.54 Å². The van der Waals surface area contributed by atoms with E-state index in [1.54, 1.807) is 16.7 Å². The summed E-state index contributed by atoms with van der Waals surface area (Å²) in [4.78, 5) is 32.0. The Bertz CT molecular complexity index is 1160. The van der Waals surface area contributed by atoms with Gasteiger partial charge in [0.15, 0.2) is 0 Å². The van der Waals surface area contributed by atoms with Crippen LogP contribution >= 0.6 is 11.8 Å². The molecule has 0 aliphatic carbocycles. The van der Waals surface area contributed by atoms with Crippen LogP contribution in [0.5, 0.6) is 0 Å². The summed E-state index contributed by atoms with van der Waals surface area (Å²) in [6.45, 7) is 4.26. The lowest BCUT2D eigenvalue weighted by Crippen LogP contribution is -2.57. The lowest BCUT2D eigenvalue weighted by atomic mass is 9.97. The largest absolute Gasteiger partial charge is 0.378 e. The minimum atomic E-state index is -1.04. The Hall–Kier alpha value is -3.25. The SMILES string of the molecule is Cc1ccc(CN2C(=O)c3ccccc3SCC2(C)C(=O)Nc2ccc(N(C)C)cc2)cc1. The minimum Gasteiger partial charge on any atom is -0.378 e. The first-order chi connectivity index (χ1) is 15.8. The highest BCUT2D eigenvalue weighted by atomic mass is 32.2. The van der Waals surface area contributed by atoms with Gasteiger partial charge in [-0.15, -0.1) is 11.8 Å². The molecule has 1 unspecified atom stereocenters. The van der Waals surface area contributed by atoms with Gasteiger partial charge in [-0.3, -0.25) is 9.59 Å². The van der Waals surface area contributed by atoms with Crippen molar-refractivity contribution in [2.24, 2.45) is 0 Å². The number of carbonyl (C=O) groups excluding carboxylic acids is 2. The Morgan fingerprint density at radius 2 is 1.70 bits per heavy atom. The molecule has 1 aliphatic rings. The number of nitrogens with zero attached hydrogens (tertiary/aromatic N) is 2. The zero-order valence-corrected chi connectivity index (χ0v) is 20.3. The van der Waals surface area contributed by atoms with Crippen LogP contribution in [0.15, 0.2) is 77.7 Å². The summed E-state index contributed by atoms with van der Waals surface area (Å²) in [5.41, 5.74) is 3.51. The zero-order chi connectivity index (χ0) is 23.6. The Morgan fingerprint density at radius 1 is 1.03 bits per heavy atom. The van der Waals surface area contributed by atoms with Gasteiger partial charge in [-0.1, -0.05) is 42.0 Å². The molecule has 3 aromatic carbocycles. The first kappa shape index (κ1) is 22.9. The third kappa shape index (κ3) is 4.76. The van der Waals surface area contributed by atoms with Crippen molar-refractivity contribution < 1.29 is 9.59 Å². The van der Waals surface area contributed by atoms with Crippen LogP contribution in [0.4, 0.5) is 11.4 Å². The van der Waals surface area contributed by atoms with E-state index >= 15 is 0 Å². The molecule has 0 radical (unpaired) electrons. The van der Waals surface area contributed by atoms with Crippen molar-refractivity contribution in [2.75, 3.05) is 30.1 Å². The predicted molar refractivity (Wildman–Crippen MR) is 136 cm³/mol. The molecule has 33 heavy (non-hydrogen) atoms. The summed E-state index contributed by atoms with van der Waals surface area (Å²) in [5.74, 6) is 0.140. The zero-order valence-electron chi connectivity index (χ0n) is 19.5. The van der Waals surface area contributed by atoms with Crippen molar-refractivity contribution in [1.82, 2.24) is 4.90 Å². The second kappa shape index (κ2) is 9.32. The summed E-state index contributed by atoms with van der Waals surface area (Å²) in [6.07, 6.45) is 0. The van der Waals surface area contributed by atoms with Crippen LogP contribution in [0.1, 0.15) is 28.4 Å². The van der Waals surface area contributed by atoms with E-state index in [2.05, 4.69) is 5.32 Å². The smallest absolute Gasteiger partial charge is 0.256 e. The van der Waals surface area contributed by atoms with Crippen LogP contribution in [0.25, 0.3) is 0 Å². The number of amides is 2. The lowest BCUT2D eigenvalue weighted by Gasteiger charge is -2.38. The van der Waals surface area contributed by atoms with E-state index in [0.29, 0.717) is 23.5 Å². The standard InChI is InChI=1S/C27H29N3O2S/c1-19-9-11-20(12-10-19)17-30-25(31)23-7-5-6-8-24(23)33-18-27(30,2)26(32)28-21-13-15-22(16-14-21)29(3)4/h5-16H,17-18H2,1-4H3,(H,28,32). The normalized spacial score (nSPS) is 17.8. The molecule has 6 heteroatoms. The maximum atomic E-state index is 13.7. The third-order valence-electron chi connectivity index (χ3n) is 6.06. The van der Waals surface area contributed by atoms with Crippen LogP contribution in [-0.4, -0.2) is 42.1 Å². The van der Waals surface area contributed by atoms with Crippen molar-refractivity contribution in [3.63, 3.8) is 0 Å². The quantitative estimate of drug-likeness (QED) is 0.569. The highest BCUT2D eigenvalue weighted by molar-refractivity contribution is 7.99. The number of rotatable bonds is 5. The van der Waals surface area contributed by atoms with Crippen molar-refractivity contribution >= 4 is 35.0 Å². The Balaban J connectivity index is 1.68. The number of nitrogens with one attached hydrogen (secondary N) is 1. The average Bonchev–Trinajstić information content (AvgIpc) is 2.92. The first-order valence-corrected chi connectivity index (χ1v) is 11.9. The molecule has 0 aromatic heterocycles. The fourth-order valence-electron chi connectivity index (χ4n) is 3.85. The molecule has 0 saturated carbocycles. The molecule has 0 bridgehead atoms. The highest BCUT2D eigenvalue weighted by Crippen LogP contribution is 2.36. The van der Waals surface area contributed by atoms with Gasteiger partial charge in [0.25, 0.3) is 11.8 Å².